The number of anilines is 1. The number of rotatable bonds is 3. The molecule has 1 unspecified atom stereocenters. The number of carbonyl (C=O) groups is 1. The van der Waals surface area contributed by atoms with Crippen LogP contribution in [0, 0.1) is 5.82 Å². The Bertz CT molecular complexity index is 422. The molecule has 0 radical (unpaired) electrons. The van der Waals surface area contributed by atoms with Gasteiger partial charge in [0, 0.05) is 18.8 Å². The van der Waals surface area contributed by atoms with Gasteiger partial charge in [0.05, 0.1) is 6.04 Å². The second-order valence-corrected chi connectivity index (χ2v) is 4.72. The lowest BCUT2D eigenvalue weighted by molar-refractivity contribution is -0.109. The average Bonchev–Trinajstić information content (AvgIpc) is 2.63. The molecule has 18 heavy (non-hydrogen) atoms. The highest BCUT2D eigenvalue weighted by Gasteiger charge is 2.22. The number of nitrogens with zero attached hydrogens (tertiary/aromatic N) is 1. The maximum absolute atomic E-state index is 13.4. The van der Waals surface area contributed by atoms with Crippen LogP contribution < -0.4 is 10.6 Å². The topological polar surface area (TPSA) is 46.3 Å². The van der Waals surface area contributed by atoms with E-state index in [2.05, 4.69) is 0 Å². The molecule has 0 aromatic heterocycles. The van der Waals surface area contributed by atoms with Crippen LogP contribution in [0.5, 0.6) is 0 Å². The summed E-state index contributed by atoms with van der Waals surface area (Å²) in [5.41, 5.74) is 7.36. The zero-order chi connectivity index (χ0) is 13.0. The molecule has 1 fully saturated rings. The highest BCUT2D eigenvalue weighted by Crippen LogP contribution is 2.27. The van der Waals surface area contributed by atoms with Crippen molar-refractivity contribution in [1.29, 1.82) is 0 Å². The van der Waals surface area contributed by atoms with Crippen LogP contribution in [0.1, 0.15) is 31.2 Å². The Morgan fingerprint density at radius 3 is 2.94 bits per heavy atom. The Hall–Kier alpha value is -1.42. The standard InChI is InChI=1S/C14H19FN2O/c15-12-6-5-11(9-16)14(8-12)17-7-3-1-2-4-13(17)10-18/h5-6,8,10,13H,1-4,7,9,16H2. The summed E-state index contributed by atoms with van der Waals surface area (Å²) in [4.78, 5) is 13.2. The molecule has 1 aromatic rings. The molecule has 4 heteroatoms. The number of aldehydes is 1. The summed E-state index contributed by atoms with van der Waals surface area (Å²) in [5.74, 6) is -0.281. The zero-order valence-electron chi connectivity index (χ0n) is 10.4. The second-order valence-electron chi connectivity index (χ2n) is 4.72. The first-order valence-electron chi connectivity index (χ1n) is 6.46. The van der Waals surface area contributed by atoms with Crippen LogP contribution in [0.3, 0.4) is 0 Å². The molecule has 1 heterocycles. The van der Waals surface area contributed by atoms with Crippen molar-refractivity contribution >= 4 is 12.0 Å². The lowest BCUT2D eigenvalue weighted by atomic mass is 10.1. The molecule has 98 valence electrons. The molecule has 0 aliphatic carbocycles. The van der Waals surface area contributed by atoms with Gasteiger partial charge in [0.1, 0.15) is 12.1 Å². The molecule has 1 atom stereocenters. The third-order valence-corrected chi connectivity index (χ3v) is 3.53. The van der Waals surface area contributed by atoms with Gasteiger partial charge in [0.2, 0.25) is 0 Å². The van der Waals surface area contributed by atoms with Crippen LogP contribution in [0.2, 0.25) is 0 Å². The Balaban J connectivity index is 2.37. The van der Waals surface area contributed by atoms with Gasteiger partial charge in [0.15, 0.2) is 0 Å². The molecule has 0 amide bonds. The predicted octanol–water partition coefficient (Wildman–Crippen LogP) is 2.23. The summed E-state index contributed by atoms with van der Waals surface area (Å²) in [6.07, 6.45) is 5.01. The average molecular weight is 250 g/mol. The van der Waals surface area contributed by atoms with E-state index in [0.717, 1.165) is 49.8 Å². The summed E-state index contributed by atoms with van der Waals surface area (Å²) in [6.45, 7) is 1.15. The van der Waals surface area contributed by atoms with Crippen LogP contribution in [0.25, 0.3) is 0 Å². The number of carbonyl (C=O) groups excluding carboxylic acids is 1. The molecule has 0 saturated carbocycles. The minimum absolute atomic E-state index is 0.153. The molecule has 1 aliphatic heterocycles. The van der Waals surface area contributed by atoms with E-state index in [4.69, 9.17) is 5.73 Å². The van der Waals surface area contributed by atoms with E-state index < -0.39 is 0 Å². The summed E-state index contributed by atoms with van der Waals surface area (Å²) in [7, 11) is 0. The maximum atomic E-state index is 13.4. The van der Waals surface area contributed by atoms with Gasteiger partial charge in [-0.25, -0.2) is 4.39 Å². The number of benzene rings is 1. The third kappa shape index (κ3) is 2.70. The minimum Gasteiger partial charge on any atom is -0.361 e. The van der Waals surface area contributed by atoms with Gasteiger partial charge in [-0.05, 0) is 30.5 Å². The SMILES string of the molecule is NCc1ccc(F)cc1N1CCCCCC1C=O. The quantitative estimate of drug-likeness (QED) is 0.837. The van der Waals surface area contributed by atoms with Gasteiger partial charge in [-0.3, -0.25) is 0 Å². The monoisotopic (exact) mass is 250 g/mol. The molecule has 1 saturated heterocycles. The van der Waals surface area contributed by atoms with Gasteiger partial charge >= 0.3 is 0 Å². The Labute approximate surface area is 107 Å². The highest BCUT2D eigenvalue weighted by molar-refractivity contribution is 5.68. The summed E-state index contributed by atoms with van der Waals surface area (Å²) in [5, 5.41) is 0. The first-order chi connectivity index (χ1) is 8.76. The van der Waals surface area contributed by atoms with Crippen LogP contribution in [-0.2, 0) is 11.3 Å². The lowest BCUT2D eigenvalue weighted by Gasteiger charge is -2.30. The molecule has 2 rings (SSSR count). The van der Waals surface area contributed by atoms with E-state index in [1.807, 2.05) is 4.90 Å². The van der Waals surface area contributed by atoms with Gasteiger partial charge in [0.25, 0.3) is 0 Å². The fourth-order valence-corrected chi connectivity index (χ4v) is 2.55. The fraction of sp³-hybridized carbons (Fsp3) is 0.500. The molecular formula is C14H19FN2O. The normalized spacial score (nSPS) is 20.6. The summed E-state index contributed by atoms with van der Waals surface area (Å²) >= 11 is 0. The number of nitrogens with two attached hydrogens (primary N) is 1. The third-order valence-electron chi connectivity index (χ3n) is 3.53. The van der Waals surface area contributed by atoms with Crippen molar-refractivity contribution in [2.45, 2.75) is 38.3 Å². The van der Waals surface area contributed by atoms with Gasteiger partial charge in [-0.1, -0.05) is 18.9 Å². The van der Waals surface area contributed by atoms with E-state index in [-0.39, 0.29) is 11.9 Å². The Kier molecular flexibility index (Phi) is 4.31. The van der Waals surface area contributed by atoms with Gasteiger partial charge < -0.3 is 15.4 Å². The zero-order valence-corrected chi connectivity index (χ0v) is 10.4. The molecule has 1 aliphatic rings. The molecule has 3 nitrogen and oxygen atoms in total. The van der Waals surface area contributed by atoms with Crippen molar-refractivity contribution in [3.8, 4) is 0 Å². The van der Waals surface area contributed by atoms with Crippen molar-refractivity contribution in [3.63, 3.8) is 0 Å². The van der Waals surface area contributed by atoms with Crippen LogP contribution in [0.4, 0.5) is 10.1 Å². The first kappa shape index (κ1) is 13.0. The smallest absolute Gasteiger partial charge is 0.142 e. The van der Waals surface area contributed by atoms with E-state index in [1.54, 1.807) is 6.07 Å². The van der Waals surface area contributed by atoms with E-state index in [0.29, 0.717) is 6.54 Å². The van der Waals surface area contributed by atoms with Crippen LogP contribution in [0.15, 0.2) is 18.2 Å². The van der Waals surface area contributed by atoms with Crippen LogP contribution in [-0.4, -0.2) is 18.9 Å². The summed E-state index contributed by atoms with van der Waals surface area (Å²) in [6, 6.07) is 4.46. The van der Waals surface area contributed by atoms with Crippen LogP contribution >= 0.6 is 0 Å². The lowest BCUT2D eigenvalue weighted by Crippen LogP contribution is -2.37. The van der Waals surface area contributed by atoms with Crippen molar-refractivity contribution in [1.82, 2.24) is 0 Å². The highest BCUT2D eigenvalue weighted by atomic mass is 19.1. The predicted molar refractivity (Wildman–Crippen MR) is 70.0 cm³/mol. The van der Waals surface area contributed by atoms with Crippen molar-refractivity contribution in [3.05, 3.63) is 29.6 Å². The maximum Gasteiger partial charge on any atom is 0.142 e. The fourth-order valence-electron chi connectivity index (χ4n) is 2.55. The Morgan fingerprint density at radius 2 is 2.22 bits per heavy atom. The Morgan fingerprint density at radius 1 is 1.39 bits per heavy atom. The number of halogens is 1. The van der Waals surface area contributed by atoms with Crippen molar-refractivity contribution in [2.24, 2.45) is 5.73 Å². The largest absolute Gasteiger partial charge is 0.361 e. The van der Waals surface area contributed by atoms with Crippen molar-refractivity contribution < 1.29 is 9.18 Å². The van der Waals surface area contributed by atoms with E-state index >= 15 is 0 Å². The van der Waals surface area contributed by atoms with E-state index in [1.165, 1.54) is 12.1 Å². The second kappa shape index (κ2) is 5.96. The number of hydrogen-bond donors (Lipinski definition) is 1. The van der Waals surface area contributed by atoms with Gasteiger partial charge in [-0.2, -0.15) is 0 Å². The molecule has 0 spiro atoms. The molecule has 2 N–H and O–H groups in total. The van der Waals surface area contributed by atoms with Gasteiger partial charge in [-0.15, -0.1) is 0 Å². The van der Waals surface area contributed by atoms with E-state index in [9.17, 15) is 9.18 Å². The molecule has 0 bridgehead atoms. The minimum atomic E-state index is -0.281. The summed E-state index contributed by atoms with van der Waals surface area (Å²) < 4.78 is 13.4. The number of hydrogen-bond acceptors (Lipinski definition) is 3. The first-order valence-corrected chi connectivity index (χ1v) is 6.46. The molecule has 1 aromatic carbocycles. The van der Waals surface area contributed by atoms with Crippen molar-refractivity contribution in [2.75, 3.05) is 11.4 Å². The molecular weight excluding hydrogens is 231 g/mol.